The summed E-state index contributed by atoms with van der Waals surface area (Å²) in [5, 5.41) is 0.453. The first-order valence-corrected chi connectivity index (χ1v) is 11.7. The van der Waals surface area contributed by atoms with Crippen LogP contribution < -0.4 is 0 Å². The average molecular weight is 340 g/mol. The molecule has 0 radical (unpaired) electrons. The SMILES string of the molecule is CC1CCC(C(C)C)C(SP(O)(=S)OCCN(C)C)C1. The van der Waals surface area contributed by atoms with Crippen molar-refractivity contribution in [3.05, 3.63) is 0 Å². The van der Waals surface area contributed by atoms with E-state index in [2.05, 4.69) is 20.8 Å². The maximum atomic E-state index is 10.4. The summed E-state index contributed by atoms with van der Waals surface area (Å²) >= 11 is 6.90. The molecule has 4 unspecified atom stereocenters. The molecule has 1 rings (SSSR count). The molecular formula is C14H30NO2PS2. The molecule has 0 heterocycles. The highest BCUT2D eigenvalue weighted by atomic mass is 32.9. The summed E-state index contributed by atoms with van der Waals surface area (Å²) in [5.41, 5.74) is -2.70. The van der Waals surface area contributed by atoms with Crippen LogP contribution in [0, 0.1) is 17.8 Å². The maximum Gasteiger partial charge on any atom is 0.245 e. The lowest BCUT2D eigenvalue weighted by molar-refractivity contribution is 0.243. The van der Waals surface area contributed by atoms with Gasteiger partial charge in [0.2, 0.25) is 5.69 Å². The van der Waals surface area contributed by atoms with Crippen molar-refractivity contribution >= 4 is 28.9 Å². The minimum Gasteiger partial charge on any atom is -0.337 e. The van der Waals surface area contributed by atoms with Gasteiger partial charge in [0.05, 0.1) is 6.61 Å². The van der Waals surface area contributed by atoms with Crippen LogP contribution in [0.1, 0.15) is 40.0 Å². The smallest absolute Gasteiger partial charge is 0.245 e. The standard InChI is InChI=1S/C14H30NO2PS2/c1-11(2)13-7-6-12(3)10-14(13)20-18(16,19)17-9-8-15(4)5/h11-14H,6-10H2,1-5H3,(H,16,19). The van der Waals surface area contributed by atoms with E-state index in [1.165, 1.54) is 12.8 Å². The summed E-state index contributed by atoms with van der Waals surface area (Å²) in [7, 11) is 3.99. The van der Waals surface area contributed by atoms with Gasteiger partial charge < -0.3 is 14.3 Å². The summed E-state index contributed by atoms with van der Waals surface area (Å²) in [6.45, 7) is 8.18. The Morgan fingerprint density at radius 2 is 2.05 bits per heavy atom. The molecule has 0 amide bonds. The molecule has 1 fully saturated rings. The van der Waals surface area contributed by atoms with Gasteiger partial charge in [0.15, 0.2) is 0 Å². The van der Waals surface area contributed by atoms with Gasteiger partial charge in [-0.1, -0.05) is 38.6 Å². The Balaban J connectivity index is 2.55. The van der Waals surface area contributed by atoms with E-state index in [0.717, 1.165) is 18.9 Å². The lowest BCUT2D eigenvalue weighted by Crippen LogP contribution is -2.29. The first-order chi connectivity index (χ1) is 9.21. The van der Waals surface area contributed by atoms with Crippen molar-refractivity contribution in [1.82, 2.24) is 4.90 Å². The van der Waals surface area contributed by atoms with Crippen molar-refractivity contribution in [2.45, 2.75) is 45.3 Å². The zero-order valence-corrected chi connectivity index (χ0v) is 15.9. The molecule has 6 heteroatoms. The second-order valence-corrected chi connectivity index (χ2v) is 12.9. The Bertz CT molecular complexity index is 339. The van der Waals surface area contributed by atoms with Gasteiger partial charge >= 0.3 is 0 Å². The average Bonchev–Trinajstić information content (AvgIpc) is 2.26. The monoisotopic (exact) mass is 339 g/mol. The van der Waals surface area contributed by atoms with Crippen molar-refractivity contribution < 1.29 is 9.42 Å². The Morgan fingerprint density at radius 3 is 2.60 bits per heavy atom. The first-order valence-electron chi connectivity index (χ1n) is 7.51. The van der Waals surface area contributed by atoms with E-state index in [1.54, 1.807) is 11.4 Å². The van der Waals surface area contributed by atoms with Crippen molar-refractivity contribution in [3.8, 4) is 0 Å². The molecule has 3 nitrogen and oxygen atoms in total. The highest BCUT2D eigenvalue weighted by molar-refractivity contribution is 8.67. The second-order valence-electron chi connectivity index (χ2n) is 6.58. The Morgan fingerprint density at radius 1 is 1.40 bits per heavy atom. The summed E-state index contributed by atoms with van der Waals surface area (Å²) in [4.78, 5) is 12.5. The molecule has 0 spiro atoms. The Hall–Kier alpha value is 0.880. The third-order valence-corrected chi connectivity index (χ3v) is 8.63. The predicted octanol–water partition coefficient (Wildman–Crippen LogP) is 3.98. The first kappa shape index (κ1) is 18.9. The largest absolute Gasteiger partial charge is 0.337 e. The van der Waals surface area contributed by atoms with E-state index in [1.807, 2.05) is 19.0 Å². The summed E-state index contributed by atoms with van der Waals surface area (Å²) in [6, 6.07) is 0. The Labute approximate surface area is 133 Å². The molecule has 1 N–H and O–H groups in total. The zero-order valence-electron chi connectivity index (χ0n) is 13.4. The highest BCUT2D eigenvalue weighted by Crippen LogP contribution is 2.61. The minimum atomic E-state index is -2.70. The second kappa shape index (κ2) is 8.50. The number of likely N-dealkylation sites (N-methyl/N-ethyl adjacent to an activating group) is 1. The van der Waals surface area contributed by atoms with Crippen molar-refractivity contribution in [2.75, 3.05) is 27.2 Å². The van der Waals surface area contributed by atoms with Gasteiger partial charge in [-0.05, 0) is 56.5 Å². The molecule has 0 aromatic rings. The van der Waals surface area contributed by atoms with Crippen LogP contribution >= 0.6 is 17.1 Å². The van der Waals surface area contributed by atoms with Crippen LogP contribution in [0.15, 0.2) is 0 Å². The van der Waals surface area contributed by atoms with Gasteiger partial charge in [-0.2, -0.15) is 0 Å². The summed E-state index contributed by atoms with van der Waals surface area (Å²) < 4.78 is 5.61. The van der Waals surface area contributed by atoms with Crippen LogP contribution in [0.5, 0.6) is 0 Å². The molecule has 0 aromatic heterocycles. The fraction of sp³-hybridized carbons (Fsp3) is 1.00. The van der Waals surface area contributed by atoms with E-state index in [0.29, 0.717) is 23.7 Å². The van der Waals surface area contributed by atoms with Crippen molar-refractivity contribution in [1.29, 1.82) is 0 Å². The summed E-state index contributed by atoms with van der Waals surface area (Å²) in [5.74, 6) is 2.04. The van der Waals surface area contributed by atoms with Crippen molar-refractivity contribution in [3.63, 3.8) is 0 Å². The van der Waals surface area contributed by atoms with E-state index >= 15 is 0 Å². The van der Waals surface area contributed by atoms with Crippen LogP contribution in [0.3, 0.4) is 0 Å². The third-order valence-electron chi connectivity index (χ3n) is 4.02. The van der Waals surface area contributed by atoms with Gasteiger partial charge in [0.25, 0.3) is 0 Å². The predicted molar refractivity (Wildman–Crippen MR) is 93.7 cm³/mol. The van der Waals surface area contributed by atoms with E-state index in [9.17, 15) is 4.89 Å². The number of hydrogen-bond donors (Lipinski definition) is 1. The normalized spacial score (nSPS) is 30.7. The molecule has 0 bridgehead atoms. The number of rotatable bonds is 7. The van der Waals surface area contributed by atoms with Gasteiger partial charge in [0, 0.05) is 11.8 Å². The van der Waals surface area contributed by atoms with Gasteiger partial charge in [0.1, 0.15) is 0 Å². The fourth-order valence-electron chi connectivity index (χ4n) is 2.78. The fourth-order valence-corrected chi connectivity index (χ4v) is 7.89. The van der Waals surface area contributed by atoms with Gasteiger partial charge in [-0.3, -0.25) is 0 Å². The molecule has 1 saturated carbocycles. The van der Waals surface area contributed by atoms with Crippen LogP contribution in [0.25, 0.3) is 0 Å². The molecule has 0 aromatic carbocycles. The van der Waals surface area contributed by atoms with Crippen LogP contribution in [-0.2, 0) is 16.3 Å². The van der Waals surface area contributed by atoms with E-state index in [4.69, 9.17) is 16.3 Å². The van der Waals surface area contributed by atoms with E-state index in [-0.39, 0.29) is 0 Å². The molecular weight excluding hydrogens is 309 g/mol. The molecule has 120 valence electrons. The number of nitrogens with zero attached hydrogens (tertiary/aromatic N) is 1. The lowest BCUT2D eigenvalue weighted by Gasteiger charge is -2.38. The topological polar surface area (TPSA) is 32.7 Å². The quantitative estimate of drug-likeness (QED) is 0.710. The van der Waals surface area contributed by atoms with Gasteiger partial charge in [-0.15, -0.1) is 0 Å². The molecule has 1 aliphatic rings. The molecule has 0 saturated heterocycles. The van der Waals surface area contributed by atoms with Crippen LogP contribution in [0.2, 0.25) is 0 Å². The summed E-state index contributed by atoms with van der Waals surface area (Å²) in [6.07, 6.45) is 3.71. The lowest BCUT2D eigenvalue weighted by atomic mass is 9.77. The van der Waals surface area contributed by atoms with Crippen LogP contribution in [0.4, 0.5) is 0 Å². The molecule has 20 heavy (non-hydrogen) atoms. The Kier molecular flexibility index (Phi) is 8.04. The third kappa shape index (κ3) is 6.76. The molecule has 1 aliphatic carbocycles. The van der Waals surface area contributed by atoms with Crippen molar-refractivity contribution in [2.24, 2.45) is 17.8 Å². The number of hydrogen-bond acceptors (Lipinski definition) is 4. The zero-order chi connectivity index (χ0) is 15.3. The van der Waals surface area contributed by atoms with Crippen LogP contribution in [-0.4, -0.2) is 42.3 Å². The minimum absolute atomic E-state index is 0.453. The molecule has 4 atom stereocenters. The highest BCUT2D eigenvalue weighted by Gasteiger charge is 2.34. The van der Waals surface area contributed by atoms with E-state index < -0.39 is 5.69 Å². The maximum absolute atomic E-state index is 10.4. The van der Waals surface area contributed by atoms with Gasteiger partial charge in [-0.25, -0.2) is 0 Å². The molecule has 0 aliphatic heterocycles.